The van der Waals surface area contributed by atoms with Gasteiger partial charge in [-0.2, -0.15) is 0 Å². The highest BCUT2D eigenvalue weighted by atomic mass is 16.4. The summed E-state index contributed by atoms with van der Waals surface area (Å²) < 4.78 is 0. The molecule has 0 radical (unpaired) electrons. The van der Waals surface area contributed by atoms with Crippen LogP contribution < -0.4 is 10.6 Å². The topological polar surface area (TPSA) is 150 Å². The summed E-state index contributed by atoms with van der Waals surface area (Å²) in [6.07, 6.45) is 4.04. The predicted molar refractivity (Wildman–Crippen MR) is 124 cm³/mol. The zero-order chi connectivity index (χ0) is 26.1. The van der Waals surface area contributed by atoms with Gasteiger partial charge in [-0.1, -0.05) is 41.0 Å². The Morgan fingerprint density at radius 1 is 0.941 bits per heavy atom. The smallest absolute Gasteiger partial charge is 0.303 e. The first-order valence-electron chi connectivity index (χ1n) is 11.6. The molecule has 1 aliphatic heterocycles. The van der Waals surface area contributed by atoms with E-state index >= 15 is 0 Å². The number of carboxylic acid groups (broad SMARTS) is 1. The second-order valence-corrected chi connectivity index (χ2v) is 9.87. The Hall–Kier alpha value is -3.04. The lowest BCUT2D eigenvalue weighted by atomic mass is 9.84. The van der Waals surface area contributed by atoms with E-state index in [1.54, 1.807) is 34.6 Å². The fourth-order valence-electron chi connectivity index (χ4n) is 3.49. The maximum atomic E-state index is 12.9. The van der Waals surface area contributed by atoms with Crippen LogP contribution in [0, 0.1) is 11.3 Å². The van der Waals surface area contributed by atoms with Crippen LogP contribution in [0.2, 0.25) is 0 Å². The standard InChI is InChI=1S/C24H37N3O7/c1-15(2)21(23(34)25-16(10-13-20(31)32)22(33)24(3,4)5)26-17(28)9-7-6-8-14-27-18(29)11-12-19(27)30/h11-12,15-16,21H,6-10,13-14H2,1-5H3,(H,25,34)(H,26,28)(H,31,32)/t16-,21-/m0/s1. The van der Waals surface area contributed by atoms with E-state index in [-0.39, 0.29) is 48.7 Å². The number of amides is 4. The van der Waals surface area contributed by atoms with Gasteiger partial charge >= 0.3 is 5.97 Å². The van der Waals surface area contributed by atoms with Gasteiger partial charge in [0.05, 0.1) is 6.04 Å². The molecular weight excluding hydrogens is 442 g/mol. The molecule has 3 N–H and O–H groups in total. The van der Waals surface area contributed by atoms with Gasteiger partial charge in [0.25, 0.3) is 11.8 Å². The maximum absolute atomic E-state index is 12.9. The van der Waals surface area contributed by atoms with Crippen molar-refractivity contribution in [1.29, 1.82) is 0 Å². The minimum Gasteiger partial charge on any atom is -0.481 e. The molecule has 1 aliphatic rings. The number of ketones is 1. The number of carboxylic acids is 1. The van der Waals surface area contributed by atoms with Gasteiger partial charge in [-0.25, -0.2) is 0 Å². The predicted octanol–water partition coefficient (Wildman–Crippen LogP) is 1.58. The van der Waals surface area contributed by atoms with Crippen molar-refractivity contribution in [2.75, 3.05) is 6.54 Å². The van der Waals surface area contributed by atoms with Crippen molar-refractivity contribution in [2.24, 2.45) is 11.3 Å². The fraction of sp³-hybridized carbons (Fsp3) is 0.667. The number of Topliss-reactive ketones (excluding diaryl/α,β-unsaturated/α-hetero) is 1. The van der Waals surface area contributed by atoms with Gasteiger partial charge < -0.3 is 15.7 Å². The van der Waals surface area contributed by atoms with Gasteiger partial charge in [0.15, 0.2) is 5.78 Å². The van der Waals surface area contributed by atoms with E-state index in [1.807, 2.05) is 0 Å². The van der Waals surface area contributed by atoms with Gasteiger partial charge in [-0.3, -0.25) is 33.7 Å². The van der Waals surface area contributed by atoms with E-state index in [0.717, 1.165) is 4.90 Å². The first kappa shape index (κ1) is 29.0. The summed E-state index contributed by atoms with van der Waals surface area (Å²) in [7, 11) is 0. The van der Waals surface area contributed by atoms with Crippen LogP contribution in [0.1, 0.15) is 73.1 Å². The zero-order valence-electron chi connectivity index (χ0n) is 20.7. The molecule has 0 fully saturated rings. The molecule has 0 spiro atoms. The summed E-state index contributed by atoms with van der Waals surface area (Å²) >= 11 is 0. The Kier molecular flexibility index (Phi) is 11.1. The summed E-state index contributed by atoms with van der Waals surface area (Å²) in [6.45, 7) is 8.92. The lowest BCUT2D eigenvalue weighted by molar-refractivity contribution is -0.139. The number of imide groups is 1. The summed E-state index contributed by atoms with van der Waals surface area (Å²) in [5, 5.41) is 14.3. The molecule has 10 heteroatoms. The molecule has 1 rings (SSSR count). The lowest BCUT2D eigenvalue weighted by Gasteiger charge is -2.28. The van der Waals surface area contributed by atoms with Crippen LogP contribution in [0.4, 0.5) is 0 Å². The van der Waals surface area contributed by atoms with Crippen molar-refractivity contribution in [3.63, 3.8) is 0 Å². The zero-order valence-corrected chi connectivity index (χ0v) is 20.7. The van der Waals surface area contributed by atoms with Crippen molar-refractivity contribution in [3.05, 3.63) is 12.2 Å². The molecule has 4 amide bonds. The average molecular weight is 480 g/mol. The van der Waals surface area contributed by atoms with Gasteiger partial charge in [0.2, 0.25) is 11.8 Å². The Labute approximate surface area is 200 Å². The van der Waals surface area contributed by atoms with Crippen LogP contribution in [0.15, 0.2) is 12.2 Å². The van der Waals surface area contributed by atoms with E-state index in [4.69, 9.17) is 5.11 Å². The van der Waals surface area contributed by atoms with Gasteiger partial charge in [-0.15, -0.1) is 0 Å². The van der Waals surface area contributed by atoms with E-state index in [2.05, 4.69) is 10.6 Å². The lowest BCUT2D eigenvalue weighted by Crippen LogP contribution is -2.55. The first-order chi connectivity index (χ1) is 15.7. The molecule has 10 nitrogen and oxygen atoms in total. The number of unbranched alkanes of at least 4 members (excludes halogenated alkanes) is 2. The Balaban J connectivity index is 2.59. The first-order valence-corrected chi connectivity index (χ1v) is 11.6. The number of carbonyl (C=O) groups is 6. The number of nitrogens with one attached hydrogen (secondary N) is 2. The molecule has 0 unspecified atom stereocenters. The molecule has 2 atom stereocenters. The number of aliphatic carboxylic acids is 1. The van der Waals surface area contributed by atoms with Crippen LogP contribution in [-0.4, -0.2) is 64.0 Å². The Morgan fingerprint density at radius 3 is 2.03 bits per heavy atom. The molecule has 0 aromatic carbocycles. The van der Waals surface area contributed by atoms with Crippen molar-refractivity contribution in [3.8, 4) is 0 Å². The van der Waals surface area contributed by atoms with Gasteiger partial charge in [0.1, 0.15) is 6.04 Å². The van der Waals surface area contributed by atoms with E-state index < -0.39 is 29.4 Å². The molecule has 190 valence electrons. The van der Waals surface area contributed by atoms with E-state index in [0.29, 0.717) is 25.8 Å². The largest absolute Gasteiger partial charge is 0.481 e. The molecule has 0 saturated heterocycles. The molecule has 0 aromatic rings. The van der Waals surface area contributed by atoms with Gasteiger partial charge in [0, 0.05) is 37.0 Å². The third-order valence-electron chi connectivity index (χ3n) is 5.47. The third kappa shape index (κ3) is 9.44. The van der Waals surface area contributed by atoms with Crippen LogP contribution >= 0.6 is 0 Å². The number of carbonyl (C=O) groups excluding carboxylic acids is 5. The normalized spacial score (nSPS) is 15.4. The highest BCUT2D eigenvalue weighted by Crippen LogP contribution is 2.19. The van der Waals surface area contributed by atoms with E-state index in [9.17, 15) is 28.8 Å². The Bertz CT molecular complexity index is 809. The number of rotatable bonds is 14. The molecule has 0 aromatic heterocycles. The van der Waals surface area contributed by atoms with Crippen LogP contribution in [0.25, 0.3) is 0 Å². The van der Waals surface area contributed by atoms with Crippen LogP contribution in [0.3, 0.4) is 0 Å². The van der Waals surface area contributed by atoms with Crippen molar-refractivity contribution < 1.29 is 33.9 Å². The highest BCUT2D eigenvalue weighted by Gasteiger charge is 2.33. The minimum atomic E-state index is -1.07. The number of nitrogens with zero attached hydrogens (tertiary/aromatic N) is 1. The summed E-state index contributed by atoms with van der Waals surface area (Å²) in [5.74, 6) is -3.12. The van der Waals surface area contributed by atoms with Crippen molar-refractivity contribution in [1.82, 2.24) is 15.5 Å². The van der Waals surface area contributed by atoms with Crippen molar-refractivity contribution >= 4 is 35.4 Å². The number of hydrogen-bond acceptors (Lipinski definition) is 6. The number of hydrogen-bond donors (Lipinski definition) is 3. The third-order valence-corrected chi connectivity index (χ3v) is 5.47. The highest BCUT2D eigenvalue weighted by molar-refractivity contribution is 6.12. The molecule has 0 bridgehead atoms. The maximum Gasteiger partial charge on any atom is 0.303 e. The Morgan fingerprint density at radius 2 is 1.53 bits per heavy atom. The van der Waals surface area contributed by atoms with E-state index in [1.165, 1.54) is 12.2 Å². The molecule has 1 heterocycles. The fourth-order valence-corrected chi connectivity index (χ4v) is 3.49. The quantitative estimate of drug-likeness (QED) is 0.253. The second kappa shape index (κ2) is 13.0. The summed E-state index contributed by atoms with van der Waals surface area (Å²) in [5.41, 5.74) is -0.770. The summed E-state index contributed by atoms with van der Waals surface area (Å²) in [6, 6.07) is -1.84. The molecule has 34 heavy (non-hydrogen) atoms. The monoisotopic (exact) mass is 479 g/mol. The SMILES string of the molecule is CC(C)[C@H](NC(=O)CCCCCN1C(=O)C=CC1=O)C(=O)N[C@@H](CCC(=O)O)C(=O)C(C)(C)C. The van der Waals surface area contributed by atoms with Gasteiger partial charge in [-0.05, 0) is 25.2 Å². The molecule has 0 aliphatic carbocycles. The van der Waals surface area contributed by atoms with Crippen LogP contribution in [-0.2, 0) is 28.8 Å². The minimum absolute atomic E-state index is 0.0342. The van der Waals surface area contributed by atoms with Crippen LogP contribution in [0.5, 0.6) is 0 Å². The average Bonchev–Trinajstić information content (AvgIpc) is 3.04. The second-order valence-electron chi connectivity index (χ2n) is 9.87. The van der Waals surface area contributed by atoms with Crippen molar-refractivity contribution in [2.45, 2.75) is 85.2 Å². The summed E-state index contributed by atoms with van der Waals surface area (Å²) in [4.78, 5) is 73.2. The molecule has 0 saturated carbocycles. The molecular formula is C24H37N3O7.